The third kappa shape index (κ3) is 2.84. The highest BCUT2D eigenvalue weighted by Gasteiger charge is 2.14. The van der Waals surface area contributed by atoms with Gasteiger partial charge in [-0.3, -0.25) is 4.98 Å². The van der Waals surface area contributed by atoms with Crippen LogP contribution in [0.15, 0.2) is 35.2 Å². The van der Waals surface area contributed by atoms with Gasteiger partial charge in [0.05, 0.1) is 10.6 Å². The number of halogens is 1. The summed E-state index contributed by atoms with van der Waals surface area (Å²) < 4.78 is 36.5. The second-order valence-corrected chi connectivity index (χ2v) is 5.89. The summed E-state index contributed by atoms with van der Waals surface area (Å²) in [6, 6.07) is 6.69. The number of aromatic nitrogens is 1. The largest absolute Gasteiger partial charge is 0.326 e. The Morgan fingerprint density at radius 1 is 1.25 bits per heavy atom. The number of benzene rings is 1. The molecule has 2 rings (SSSR count). The van der Waals surface area contributed by atoms with Crippen molar-refractivity contribution >= 4 is 10.0 Å². The van der Waals surface area contributed by atoms with Crippen molar-refractivity contribution in [3.05, 3.63) is 47.4 Å². The van der Waals surface area contributed by atoms with Gasteiger partial charge in [-0.25, -0.2) is 17.9 Å². The minimum atomic E-state index is -3.89. The van der Waals surface area contributed by atoms with Crippen LogP contribution in [0.3, 0.4) is 0 Å². The molecular weight excluding hydrogens is 281 g/mol. The predicted molar refractivity (Wildman–Crippen MR) is 73.6 cm³/mol. The van der Waals surface area contributed by atoms with Gasteiger partial charge >= 0.3 is 0 Å². The molecule has 0 saturated heterocycles. The molecule has 7 heteroatoms. The zero-order valence-corrected chi connectivity index (χ0v) is 11.6. The van der Waals surface area contributed by atoms with Gasteiger partial charge in [-0.1, -0.05) is 6.07 Å². The first kappa shape index (κ1) is 14.6. The van der Waals surface area contributed by atoms with Crippen LogP contribution in [0.1, 0.15) is 11.3 Å². The number of nitrogens with two attached hydrogens (primary N) is 2. The monoisotopic (exact) mass is 295 g/mol. The van der Waals surface area contributed by atoms with Gasteiger partial charge in [0, 0.05) is 17.8 Å². The molecular formula is C13H14FN3O2S. The van der Waals surface area contributed by atoms with E-state index in [0.29, 0.717) is 17.9 Å². The third-order valence-electron chi connectivity index (χ3n) is 2.96. The van der Waals surface area contributed by atoms with Crippen LogP contribution in [0.25, 0.3) is 11.3 Å². The summed E-state index contributed by atoms with van der Waals surface area (Å²) in [5.41, 5.74) is 7.48. The van der Waals surface area contributed by atoms with E-state index < -0.39 is 15.8 Å². The molecule has 0 saturated carbocycles. The van der Waals surface area contributed by atoms with E-state index in [1.165, 1.54) is 6.07 Å². The number of hydrogen-bond acceptors (Lipinski definition) is 4. The number of sulfonamides is 1. The van der Waals surface area contributed by atoms with E-state index in [9.17, 15) is 12.8 Å². The minimum absolute atomic E-state index is 0.0863. The summed E-state index contributed by atoms with van der Waals surface area (Å²) >= 11 is 0. The highest BCUT2D eigenvalue weighted by molar-refractivity contribution is 7.89. The van der Waals surface area contributed by atoms with Crippen LogP contribution >= 0.6 is 0 Å². The van der Waals surface area contributed by atoms with Gasteiger partial charge < -0.3 is 5.73 Å². The average Bonchev–Trinajstić information content (AvgIpc) is 2.37. The maximum Gasteiger partial charge on any atom is 0.238 e. The van der Waals surface area contributed by atoms with Crippen LogP contribution in [0, 0.1) is 12.7 Å². The molecule has 0 radical (unpaired) electrons. The van der Waals surface area contributed by atoms with Gasteiger partial charge in [0.1, 0.15) is 5.82 Å². The maximum absolute atomic E-state index is 13.9. The topological polar surface area (TPSA) is 99.1 Å². The molecule has 106 valence electrons. The number of aryl methyl sites for hydroxylation is 1. The highest BCUT2D eigenvalue weighted by Crippen LogP contribution is 2.24. The van der Waals surface area contributed by atoms with Gasteiger partial charge in [-0.2, -0.15) is 0 Å². The average molecular weight is 295 g/mol. The van der Waals surface area contributed by atoms with Crippen molar-refractivity contribution in [3.63, 3.8) is 0 Å². The van der Waals surface area contributed by atoms with Gasteiger partial charge in [0.15, 0.2) is 0 Å². The van der Waals surface area contributed by atoms with Crippen LogP contribution in [-0.4, -0.2) is 13.4 Å². The van der Waals surface area contributed by atoms with Crippen molar-refractivity contribution in [1.82, 2.24) is 4.98 Å². The molecule has 0 aliphatic rings. The summed E-state index contributed by atoms with van der Waals surface area (Å²) in [5, 5.41) is 5.04. The maximum atomic E-state index is 13.9. The molecule has 20 heavy (non-hydrogen) atoms. The molecule has 0 aliphatic heterocycles. The molecule has 0 bridgehead atoms. The minimum Gasteiger partial charge on any atom is -0.326 e. The van der Waals surface area contributed by atoms with E-state index in [0.717, 1.165) is 17.7 Å². The number of rotatable bonds is 3. The molecule has 0 unspecified atom stereocenters. The lowest BCUT2D eigenvalue weighted by molar-refractivity contribution is 0.596. The van der Waals surface area contributed by atoms with Crippen LogP contribution in [0.2, 0.25) is 0 Å². The summed E-state index contributed by atoms with van der Waals surface area (Å²) in [6.07, 6.45) is 0. The van der Waals surface area contributed by atoms with Crippen molar-refractivity contribution in [3.8, 4) is 11.3 Å². The van der Waals surface area contributed by atoms with Gasteiger partial charge in [0.2, 0.25) is 10.0 Å². The summed E-state index contributed by atoms with van der Waals surface area (Å²) in [7, 11) is -3.89. The van der Waals surface area contributed by atoms with Crippen LogP contribution in [-0.2, 0) is 16.6 Å². The summed E-state index contributed by atoms with van der Waals surface area (Å²) in [5.74, 6) is -0.565. The lowest BCUT2D eigenvalue weighted by atomic mass is 10.1. The van der Waals surface area contributed by atoms with E-state index in [1.807, 2.05) is 0 Å². The van der Waals surface area contributed by atoms with Gasteiger partial charge in [-0.05, 0) is 36.8 Å². The standard InChI is InChI=1S/C13H14FN3O2S/c1-8-9(7-15)2-5-13(17-8)11-6-10(20(16,18)19)3-4-12(11)14/h2-6H,7,15H2,1H3,(H2,16,18,19). The Morgan fingerprint density at radius 2 is 1.95 bits per heavy atom. The first-order chi connectivity index (χ1) is 9.32. The Kier molecular flexibility index (Phi) is 3.85. The molecule has 0 atom stereocenters. The molecule has 0 aliphatic carbocycles. The van der Waals surface area contributed by atoms with Crippen molar-refractivity contribution in [1.29, 1.82) is 0 Å². The normalized spacial score (nSPS) is 11.6. The Labute approximate surface area is 116 Å². The van der Waals surface area contributed by atoms with Crippen LogP contribution in [0.5, 0.6) is 0 Å². The smallest absolute Gasteiger partial charge is 0.238 e. The molecule has 0 spiro atoms. The van der Waals surface area contributed by atoms with E-state index in [2.05, 4.69) is 4.98 Å². The lowest BCUT2D eigenvalue weighted by Gasteiger charge is -2.08. The molecule has 0 amide bonds. The molecule has 0 fully saturated rings. The van der Waals surface area contributed by atoms with E-state index in [-0.39, 0.29) is 10.5 Å². The SMILES string of the molecule is Cc1nc(-c2cc(S(N)(=O)=O)ccc2F)ccc1CN. The molecule has 1 heterocycles. The molecule has 1 aromatic carbocycles. The Bertz CT molecular complexity index is 760. The zero-order chi connectivity index (χ0) is 14.9. The number of pyridine rings is 1. The first-order valence-electron chi connectivity index (χ1n) is 5.82. The van der Waals surface area contributed by atoms with Crippen molar-refractivity contribution in [2.24, 2.45) is 10.9 Å². The number of nitrogens with zero attached hydrogens (tertiary/aromatic N) is 1. The molecule has 2 aromatic rings. The fraction of sp³-hybridized carbons (Fsp3) is 0.154. The zero-order valence-electron chi connectivity index (χ0n) is 10.8. The number of primary sulfonamides is 1. The second kappa shape index (κ2) is 5.28. The fourth-order valence-corrected chi connectivity index (χ4v) is 2.37. The van der Waals surface area contributed by atoms with Crippen LogP contribution < -0.4 is 10.9 Å². The van der Waals surface area contributed by atoms with E-state index in [4.69, 9.17) is 10.9 Å². The Hall–Kier alpha value is -1.83. The predicted octanol–water partition coefficient (Wildman–Crippen LogP) is 1.30. The quantitative estimate of drug-likeness (QED) is 0.891. The highest BCUT2D eigenvalue weighted by atomic mass is 32.2. The molecule has 4 N–H and O–H groups in total. The van der Waals surface area contributed by atoms with Crippen molar-refractivity contribution < 1.29 is 12.8 Å². The van der Waals surface area contributed by atoms with Crippen molar-refractivity contribution in [2.45, 2.75) is 18.4 Å². The molecule has 5 nitrogen and oxygen atoms in total. The number of hydrogen-bond donors (Lipinski definition) is 2. The van der Waals surface area contributed by atoms with Gasteiger partial charge in [0.25, 0.3) is 0 Å². The van der Waals surface area contributed by atoms with E-state index >= 15 is 0 Å². The van der Waals surface area contributed by atoms with E-state index in [1.54, 1.807) is 19.1 Å². The Morgan fingerprint density at radius 3 is 2.50 bits per heavy atom. The lowest BCUT2D eigenvalue weighted by Crippen LogP contribution is -2.12. The van der Waals surface area contributed by atoms with Gasteiger partial charge in [-0.15, -0.1) is 0 Å². The second-order valence-electron chi connectivity index (χ2n) is 4.33. The summed E-state index contributed by atoms with van der Waals surface area (Å²) in [4.78, 5) is 4.09. The third-order valence-corrected chi connectivity index (χ3v) is 3.87. The van der Waals surface area contributed by atoms with Crippen molar-refractivity contribution in [2.75, 3.05) is 0 Å². The Balaban J connectivity index is 2.60. The fourth-order valence-electron chi connectivity index (χ4n) is 1.83. The molecule has 1 aromatic heterocycles. The first-order valence-corrected chi connectivity index (χ1v) is 7.37. The summed E-state index contributed by atoms with van der Waals surface area (Å²) in [6.45, 7) is 2.09. The van der Waals surface area contributed by atoms with Crippen LogP contribution in [0.4, 0.5) is 4.39 Å².